The molecule has 31 heteroatoms. The Labute approximate surface area is 328 Å². The molecule has 4 aromatic carbocycles. The number of hydrogen-bond donors (Lipinski definition) is 5. The molecule has 0 bridgehead atoms. The molecular formula is C26H20ClN9O16S5. The molecule has 0 aliphatic carbocycles. The number of nitrogens with one attached hydrogen (secondary N) is 1. The van der Waals surface area contributed by atoms with Crippen LogP contribution in [0.2, 0.25) is 5.28 Å². The van der Waals surface area contributed by atoms with E-state index in [4.69, 9.17) is 55.2 Å². The van der Waals surface area contributed by atoms with Crippen LogP contribution in [-0.4, -0.2) is 83.9 Å². The van der Waals surface area contributed by atoms with Crippen LogP contribution in [0.3, 0.4) is 0 Å². The first kappa shape index (κ1) is 46.9. The Kier molecular flexibility index (Phi) is 16.9. The van der Waals surface area contributed by atoms with Gasteiger partial charge in [-0.1, -0.05) is 24.3 Å². The van der Waals surface area contributed by atoms with E-state index in [1.165, 1.54) is 42.5 Å². The zero-order valence-corrected chi connectivity index (χ0v) is 32.5. The van der Waals surface area contributed by atoms with Crippen molar-refractivity contribution in [1.29, 1.82) is 0 Å². The molecule has 302 valence electrons. The summed E-state index contributed by atoms with van der Waals surface area (Å²) in [5, 5.41) is 29.8. The summed E-state index contributed by atoms with van der Waals surface area (Å²) in [6, 6.07) is 15.3. The Bertz CT molecular complexity index is 2870. The van der Waals surface area contributed by atoms with Crippen molar-refractivity contribution < 1.29 is 68.9 Å². The maximum Gasteiger partial charge on any atom is 0.425 e. The Hall–Kier alpha value is -6.28. The van der Waals surface area contributed by atoms with Gasteiger partial charge in [0, 0.05) is 5.69 Å². The number of rotatable bonds is 8. The van der Waals surface area contributed by atoms with E-state index in [0.717, 1.165) is 12.1 Å². The first-order chi connectivity index (χ1) is 26.4. The highest BCUT2D eigenvalue weighted by molar-refractivity contribution is 7.86. The highest BCUT2D eigenvalue weighted by Gasteiger charge is 2.24. The predicted octanol–water partition coefficient (Wildman–Crippen LogP) is 3.33. The van der Waals surface area contributed by atoms with Gasteiger partial charge in [0.1, 0.15) is 32.7 Å². The van der Waals surface area contributed by atoms with Crippen LogP contribution < -0.4 is 11.1 Å². The molecule has 6 N–H and O–H groups in total. The number of hydrogen-bond acceptors (Lipinski definition) is 23. The van der Waals surface area contributed by atoms with Crippen LogP contribution in [-0.2, 0) is 52.1 Å². The fraction of sp³-hybridized carbons (Fsp3) is 0.0385. The number of halogens is 1. The minimum atomic E-state index is -4.92. The van der Waals surface area contributed by atoms with Gasteiger partial charge < -0.3 is 16.2 Å². The third kappa shape index (κ3) is 15.4. The van der Waals surface area contributed by atoms with E-state index in [-0.39, 0.29) is 44.8 Å². The number of benzene rings is 4. The summed E-state index contributed by atoms with van der Waals surface area (Å²) in [5.74, 6) is -0.210. The number of fused-ring (bicyclic) bond motifs is 1. The van der Waals surface area contributed by atoms with Crippen LogP contribution in [0, 0.1) is 6.92 Å². The Morgan fingerprint density at radius 1 is 0.684 bits per heavy atom. The number of aromatic hydroxyl groups is 1. The van der Waals surface area contributed by atoms with Gasteiger partial charge >= 0.3 is 31.8 Å². The predicted molar refractivity (Wildman–Crippen MR) is 193 cm³/mol. The molecule has 0 unspecified atom stereocenters. The van der Waals surface area contributed by atoms with Crippen LogP contribution in [0.15, 0.2) is 97.0 Å². The van der Waals surface area contributed by atoms with Crippen molar-refractivity contribution in [1.82, 2.24) is 15.0 Å². The molecule has 1 aromatic heterocycles. The molecule has 0 saturated heterocycles. The van der Waals surface area contributed by atoms with Gasteiger partial charge in [0.25, 0.3) is 20.2 Å². The zero-order chi connectivity index (χ0) is 43.2. The van der Waals surface area contributed by atoms with E-state index in [2.05, 4.69) is 40.7 Å². The number of azo groups is 2. The highest BCUT2D eigenvalue weighted by Crippen LogP contribution is 2.46. The van der Waals surface area contributed by atoms with Gasteiger partial charge in [-0.05, 0) is 66.4 Å². The first-order valence-electron chi connectivity index (χ1n) is 13.9. The maximum atomic E-state index is 12.3. The first-order valence-corrected chi connectivity index (χ1v) is 20.2. The minimum Gasteiger partial charge on any atom is -0.505 e. The second-order valence-electron chi connectivity index (χ2n) is 9.75. The molecule has 0 atom stereocenters. The molecule has 25 nitrogen and oxygen atoms in total. The van der Waals surface area contributed by atoms with Gasteiger partial charge in [-0.15, -0.1) is 53.2 Å². The minimum absolute atomic E-state index is 0.0165. The number of phenols is 1. The molecule has 0 amide bonds. The lowest BCUT2D eigenvalue weighted by Crippen LogP contribution is -2.00. The SMILES string of the molecule is Cc1nc(Cl)nc(Nc2cccc(N=Nc3c(S(=O)(=O)O)cc4ccc(N=Nc5ccccc5S(=O)(=O)O)c(N)c4c3O)c2)n1.O=S(=O)=O.O=S(=O)=O.O=S(=O)=O. The number of nitrogens with zero attached hydrogens (tertiary/aromatic N) is 7. The molecule has 5 rings (SSSR count). The fourth-order valence-corrected chi connectivity index (χ4v) is 5.57. The van der Waals surface area contributed by atoms with E-state index in [0.29, 0.717) is 11.5 Å². The molecular weight excluding hydrogens is 890 g/mol. The molecule has 0 fully saturated rings. The number of aromatic nitrogens is 3. The summed E-state index contributed by atoms with van der Waals surface area (Å²) in [6.45, 7) is 1.63. The lowest BCUT2D eigenvalue weighted by Gasteiger charge is -2.12. The van der Waals surface area contributed by atoms with Crippen molar-refractivity contribution in [2.24, 2.45) is 20.5 Å². The summed E-state index contributed by atoms with van der Waals surface area (Å²) in [6.07, 6.45) is 0. The number of aryl methyl sites for hydroxylation is 1. The van der Waals surface area contributed by atoms with E-state index in [1.807, 2.05) is 0 Å². The molecule has 57 heavy (non-hydrogen) atoms. The maximum absolute atomic E-state index is 12.3. The average Bonchev–Trinajstić information content (AvgIpc) is 3.05. The average molecular weight is 910 g/mol. The van der Waals surface area contributed by atoms with E-state index >= 15 is 0 Å². The van der Waals surface area contributed by atoms with Gasteiger partial charge in [0.05, 0.1) is 16.8 Å². The second-order valence-corrected chi connectivity index (χ2v) is 14.1. The molecule has 5 aromatic rings. The topological polar surface area (TPSA) is 409 Å². The smallest absolute Gasteiger partial charge is 0.425 e. The lowest BCUT2D eigenvalue weighted by molar-refractivity contribution is 0.472. The van der Waals surface area contributed by atoms with Crippen LogP contribution in [0.4, 0.5) is 40.1 Å². The third-order valence-electron chi connectivity index (χ3n) is 6.01. The summed E-state index contributed by atoms with van der Waals surface area (Å²) in [5.41, 5.74) is 5.87. The Morgan fingerprint density at radius 2 is 1.25 bits per heavy atom. The van der Waals surface area contributed by atoms with E-state index in [1.54, 1.807) is 19.1 Å². The van der Waals surface area contributed by atoms with Crippen molar-refractivity contribution in [3.63, 3.8) is 0 Å². The summed E-state index contributed by atoms with van der Waals surface area (Å²) < 4.78 is 143. The van der Waals surface area contributed by atoms with Crippen molar-refractivity contribution in [2.75, 3.05) is 11.1 Å². The number of nitrogen functional groups attached to an aromatic ring is 1. The van der Waals surface area contributed by atoms with Crippen molar-refractivity contribution in [3.8, 4) is 5.75 Å². The van der Waals surface area contributed by atoms with Crippen molar-refractivity contribution in [3.05, 3.63) is 77.8 Å². The van der Waals surface area contributed by atoms with Gasteiger partial charge in [-0.3, -0.25) is 9.11 Å². The molecule has 0 saturated carbocycles. The van der Waals surface area contributed by atoms with Crippen LogP contribution in [0.25, 0.3) is 10.8 Å². The van der Waals surface area contributed by atoms with Gasteiger partial charge in [-0.25, -0.2) is 4.98 Å². The molecule has 0 aliphatic heterocycles. The van der Waals surface area contributed by atoms with Gasteiger partial charge in [0.2, 0.25) is 11.2 Å². The molecule has 0 radical (unpaired) electrons. The summed E-state index contributed by atoms with van der Waals surface area (Å²) >= 11 is 5.88. The standard InChI is InChI=1S/C26H20ClN9O7S2.3O3S/c1-13-29-25(27)32-26(30-13)31-15-5-4-6-16(12-15)33-36-23-20(45(41,42)43)11-14-9-10-18(22(28)21(14)24(23)37)35-34-17-7-2-3-8-19(17)44(38,39)40;3*1-4(2)3/h2-12,37H,28H2,1H3,(H,38,39,40)(H,41,42,43)(H,29,30,31,32);;;. The summed E-state index contributed by atoms with van der Waals surface area (Å²) in [7, 11) is -18.9. The van der Waals surface area contributed by atoms with Crippen LogP contribution in [0.1, 0.15) is 5.82 Å². The third-order valence-corrected chi connectivity index (χ3v) is 7.95. The van der Waals surface area contributed by atoms with Crippen molar-refractivity contribution >= 4 is 115 Å². The lowest BCUT2D eigenvalue weighted by atomic mass is 10.1. The van der Waals surface area contributed by atoms with Crippen molar-refractivity contribution in [2.45, 2.75) is 16.7 Å². The molecule has 0 aliphatic rings. The number of anilines is 3. The van der Waals surface area contributed by atoms with Crippen LogP contribution >= 0.6 is 11.6 Å². The monoisotopic (exact) mass is 909 g/mol. The largest absolute Gasteiger partial charge is 0.505 e. The van der Waals surface area contributed by atoms with E-state index < -0.39 is 73.3 Å². The normalized spacial score (nSPS) is 11.0. The fourth-order valence-electron chi connectivity index (χ4n) is 4.09. The van der Waals surface area contributed by atoms with E-state index in [9.17, 15) is 31.0 Å². The zero-order valence-electron chi connectivity index (χ0n) is 27.6. The quantitative estimate of drug-likeness (QED) is 0.0846. The second kappa shape index (κ2) is 20.6. The molecule has 0 spiro atoms. The number of nitrogens with two attached hydrogens (primary N) is 1. The van der Waals surface area contributed by atoms with Crippen LogP contribution in [0.5, 0.6) is 5.75 Å². The Morgan fingerprint density at radius 3 is 1.81 bits per heavy atom. The Balaban J connectivity index is 0.000000822. The number of phenolic OH excluding ortho intramolecular Hbond substituents is 1. The summed E-state index contributed by atoms with van der Waals surface area (Å²) in [4.78, 5) is 10.7. The van der Waals surface area contributed by atoms with Gasteiger partial charge in [-0.2, -0.15) is 31.9 Å². The highest BCUT2D eigenvalue weighted by atomic mass is 35.5. The van der Waals surface area contributed by atoms with Gasteiger partial charge in [0.15, 0.2) is 5.75 Å². The molecule has 1 heterocycles.